The summed E-state index contributed by atoms with van der Waals surface area (Å²) in [6, 6.07) is 12.4. The summed E-state index contributed by atoms with van der Waals surface area (Å²) < 4.78 is 2.62. The number of aliphatic hydroxyl groups is 1. The molecule has 0 bridgehead atoms. The summed E-state index contributed by atoms with van der Waals surface area (Å²) in [5.41, 5.74) is 2.53. The van der Waals surface area contributed by atoms with Crippen LogP contribution in [0.2, 0.25) is 5.02 Å². The number of aldehydes is 1. The van der Waals surface area contributed by atoms with E-state index < -0.39 is 0 Å². The van der Waals surface area contributed by atoms with Gasteiger partial charge in [-0.15, -0.1) is 5.10 Å². The van der Waals surface area contributed by atoms with Gasteiger partial charge in [-0.3, -0.25) is 14.4 Å². The van der Waals surface area contributed by atoms with Gasteiger partial charge in [0.15, 0.2) is 12.1 Å². The van der Waals surface area contributed by atoms with E-state index >= 15 is 0 Å². The number of carbonyl (C=O) groups is 1. The molecule has 0 saturated heterocycles. The molecule has 0 aliphatic carbocycles. The summed E-state index contributed by atoms with van der Waals surface area (Å²) >= 11 is 6.32. The third-order valence-electron chi connectivity index (χ3n) is 5.09. The van der Waals surface area contributed by atoms with Crippen LogP contribution in [0, 0.1) is 5.92 Å². The van der Waals surface area contributed by atoms with E-state index in [1.54, 1.807) is 36.3 Å². The quantitative estimate of drug-likeness (QED) is 0.319. The highest BCUT2D eigenvalue weighted by Crippen LogP contribution is 2.26. The Hall–Kier alpha value is -3.23. The summed E-state index contributed by atoms with van der Waals surface area (Å²) in [5, 5.41) is 20.8. The third-order valence-corrected chi connectivity index (χ3v) is 5.41. The van der Waals surface area contributed by atoms with Crippen LogP contribution in [0.1, 0.15) is 42.5 Å². The lowest BCUT2D eigenvalue weighted by Gasteiger charge is -2.20. The molecule has 8 nitrogen and oxygen atoms in total. The molecular weight excluding hydrogens is 430 g/mol. The Morgan fingerprint density at radius 1 is 1.28 bits per heavy atom. The normalized spacial score (nSPS) is 11.8. The first-order chi connectivity index (χ1) is 15.3. The summed E-state index contributed by atoms with van der Waals surface area (Å²) in [5.74, 6) is 0.238. The fraction of sp³-hybridized carbons (Fsp3) is 0.304. The van der Waals surface area contributed by atoms with E-state index in [1.165, 1.54) is 9.25 Å². The van der Waals surface area contributed by atoms with Crippen LogP contribution in [0.3, 0.4) is 0 Å². The maximum Gasteiger partial charge on any atom is 0.350 e. The molecule has 0 spiro atoms. The van der Waals surface area contributed by atoms with Crippen molar-refractivity contribution in [2.24, 2.45) is 11.0 Å². The van der Waals surface area contributed by atoms with Crippen molar-refractivity contribution in [1.82, 2.24) is 14.3 Å². The second kappa shape index (κ2) is 9.93. The second-order valence-electron chi connectivity index (χ2n) is 7.52. The van der Waals surface area contributed by atoms with Crippen molar-refractivity contribution >= 4 is 29.3 Å². The Balaban J connectivity index is 2.17. The Kier molecular flexibility index (Phi) is 7.27. The molecule has 168 valence electrons. The summed E-state index contributed by atoms with van der Waals surface area (Å²) in [7, 11) is 1.79. The number of halogens is 1. The number of carbonyl (C=O) groups excluding carboxylic acids is 1. The number of aliphatic hydroxyl groups excluding tert-OH is 1. The van der Waals surface area contributed by atoms with Gasteiger partial charge in [-0.1, -0.05) is 37.6 Å². The molecule has 0 fully saturated rings. The number of nitrogens with zero attached hydrogens (tertiary/aromatic N) is 5. The Bertz CT molecular complexity index is 1210. The predicted molar refractivity (Wildman–Crippen MR) is 126 cm³/mol. The smallest absolute Gasteiger partial charge is 0.350 e. The second-order valence-corrected chi connectivity index (χ2v) is 7.92. The molecule has 3 rings (SSSR count). The van der Waals surface area contributed by atoms with Crippen molar-refractivity contribution in [1.29, 1.82) is 0 Å². The predicted octanol–water partition coefficient (Wildman–Crippen LogP) is 3.51. The maximum atomic E-state index is 12.8. The van der Waals surface area contributed by atoms with E-state index in [0.717, 1.165) is 12.0 Å². The fourth-order valence-corrected chi connectivity index (χ4v) is 3.71. The Morgan fingerprint density at radius 3 is 2.56 bits per heavy atom. The minimum Gasteiger partial charge on any atom is -0.388 e. The van der Waals surface area contributed by atoms with E-state index in [9.17, 15) is 14.7 Å². The van der Waals surface area contributed by atoms with Gasteiger partial charge in [-0.05, 0) is 43.2 Å². The highest BCUT2D eigenvalue weighted by atomic mass is 35.5. The van der Waals surface area contributed by atoms with Crippen molar-refractivity contribution in [2.45, 2.75) is 33.9 Å². The zero-order valence-corrected chi connectivity index (χ0v) is 19.2. The summed E-state index contributed by atoms with van der Waals surface area (Å²) in [6.45, 7) is 5.79. The number of aromatic nitrogens is 3. The molecular formula is C23H26ClN5O3. The molecule has 0 amide bonds. The Labute approximate surface area is 191 Å². The van der Waals surface area contributed by atoms with Gasteiger partial charge in [-0.2, -0.15) is 9.78 Å². The first-order valence-corrected chi connectivity index (χ1v) is 10.7. The molecule has 0 aliphatic heterocycles. The van der Waals surface area contributed by atoms with Gasteiger partial charge >= 0.3 is 5.69 Å². The van der Waals surface area contributed by atoms with Crippen molar-refractivity contribution in [3.8, 4) is 5.69 Å². The number of hydrazone groups is 1. The lowest BCUT2D eigenvalue weighted by molar-refractivity contribution is 0.112. The lowest BCUT2D eigenvalue weighted by atomic mass is 9.95. The number of rotatable bonds is 8. The largest absolute Gasteiger partial charge is 0.388 e. The van der Waals surface area contributed by atoms with Gasteiger partial charge in [-0.25, -0.2) is 4.79 Å². The highest BCUT2D eigenvalue weighted by molar-refractivity contribution is 6.33. The minimum absolute atomic E-state index is 0.0354. The maximum absolute atomic E-state index is 12.8. The summed E-state index contributed by atoms with van der Waals surface area (Å²) in [4.78, 5) is 24.6. The standard InChI is InChI=1S/C23H26ClN5O3/c1-5-28-21(14-31)25-29(23(28)32)17-11-10-16(13-30)18(12-17)22(15(2)3)26-27(4)20-9-7-6-8-19(20)24/h6-13,15,31H,5,14H2,1-4H3/b26-22-. The molecule has 0 unspecified atom stereocenters. The van der Waals surface area contributed by atoms with Crippen LogP contribution < -0.4 is 10.7 Å². The van der Waals surface area contributed by atoms with E-state index in [-0.39, 0.29) is 24.0 Å². The van der Waals surface area contributed by atoms with E-state index in [2.05, 4.69) is 5.10 Å². The average molecular weight is 456 g/mol. The molecule has 32 heavy (non-hydrogen) atoms. The molecule has 1 heterocycles. The number of hydrogen-bond donors (Lipinski definition) is 1. The molecule has 1 N–H and O–H groups in total. The topological polar surface area (TPSA) is 92.7 Å². The van der Waals surface area contributed by atoms with Gasteiger partial charge in [0.1, 0.15) is 6.61 Å². The molecule has 0 aliphatic rings. The van der Waals surface area contributed by atoms with Gasteiger partial charge in [0.25, 0.3) is 0 Å². The average Bonchev–Trinajstić information content (AvgIpc) is 3.12. The van der Waals surface area contributed by atoms with Gasteiger partial charge in [0.2, 0.25) is 0 Å². The van der Waals surface area contributed by atoms with Crippen LogP contribution in [0.4, 0.5) is 5.69 Å². The van der Waals surface area contributed by atoms with Gasteiger partial charge < -0.3 is 5.11 Å². The SMILES string of the molecule is CCn1c(CO)nn(-c2ccc(C=O)c(/C(=N\N(C)c3ccccc3Cl)C(C)C)c2)c1=O. The number of para-hydroxylation sites is 1. The molecule has 9 heteroatoms. The molecule has 1 aromatic heterocycles. The van der Waals surface area contributed by atoms with E-state index in [0.29, 0.717) is 34.1 Å². The van der Waals surface area contributed by atoms with Crippen LogP contribution >= 0.6 is 11.6 Å². The van der Waals surface area contributed by atoms with Crippen LogP contribution in [0.5, 0.6) is 0 Å². The van der Waals surface area contributed by atoms with Crippen molar-refractivity contribution in [3.63, 3.8) is 0 Å². The van der Waals surface area contributed by atoms with Crippen LogP contribution in [0.25, 0.3) is 5.69 Å². The Morgan fingerprint density at radius 2 is 2.00 bits per heavy atom. The third kappa shape index (κ3) is 4.51. The molecule has 0 atom stereocenters. The molecule has 2 aromatic carbocycles. The fourth-order valence-electron chi connectivity index (χ4n) is 3.45. The monoisotopic (exact) mass is 455 g/mol. The number of anilines is 1. The van der Waals surface area contributed by atoms with Crippen LogP contribution in [0.15, 0.2) is 52.4 Å². The van der Waals surface area contributed by atoms with Crippen LogP contribution in [-0.2, 0) is 13.2 Å². The molecule has 3 aromatic rings. The number of benzene rings is 2. The van der Waals surface area contributed by atoms with Gasteiger partial charge in [0, 0.05) is 24.7 Å². The van der Waals surface area contributed by atoms with Crippen LogP contribution in [-0.4, -0.2) is 38.5 Å². The highest BCUT2D eigenvalue weighted by Gasteiger charge is 2.19. The first-order valence-electron chi connectivity index (χ1n) is 10.3. The van der Waals surface area contributed by atoms with Gasteiger partial charge in [0.05, 0.1) is 22.1 Å². The van der Waals surface area contributed by atoms with Crippen molar-refractivity contribution in [3.05, 3.63) is 74.9 Å². The zero-order chi connectivity index (χ0) is 23.4. The van der Waals surface area contributed by atoms with Crippen molar-refractivity contribution in [2.75, 3.05) is 12.1 Å². The van der Waals surface area contributed by atoms with E-state index in [1.807, 2.05) is 39.0 Å². The lowest BCUT2D eigenvalue weighted by Crippen LogP contribution is -2.24. The number of hydrogen-bond acceptors (Lipinski definition) is 6. The molecule has 0 saturated carbocycles. The first kappa shape index (κ1) is 23.4. The van der Waals surface area contributed by atoms with Crippen molar-refractivity contribution < 1.29 is 9.90 Å². The van der Waals surface area contributed by atoms with E-state index in [4.69, 9.17) is 16.7 Å². The summed E-state index contributed by atoms with van der Waals surface area (Å²) in [6.07, 6.45) is 0.763. The zero-order valence-electron chi connectivity index (χ0n) is 18.5. The minimum atomic E-state index is -0.363. The molecule has 0 radical (unpaired) electrons.